The number of nitro benzene ring substituents is 3. The van der Waals surface area contributed by atoms with E-state index in [1.165, 1.54) is 0 Å². The molecule has 0 saturated heterocycles. The van der Waals surface area contributed by atoms with Crippen LogP contribution in [0.4, 0.5) is 34.1 Å². The normalized spacial score (nSPS) is 9.82. The molecule has 1 aromatic carbocycles. The fraction of sp³-hybridized carbons (Fsp3) is 0.250. The zero-order valence-electron chi connectivity index (χ0n) is 11.3. The number of nitrogen functional groups attached to an aromatic ring is 3. The second-order valence-corrected chi connectivity index (χ2v) is 5.28. The van der Waals surface area contributed by atoms with Crippen LogP contribution in [0, 0.1) is 30.3 Å². The summed E-state index contributed by atoms with van der Waals surface area (Å²) in [4.78, 5) is 28.5. The fourth-order valence-corrected chi connectivity index (χ4v) is 1.36. The standard InChI is InChI=1S/C6H6N6O6.C2H6OS/c7-1-4(10(13)14)2(8)6(12(17)18)3(9)5(1)11(15)16;1-4(2)3/h7-9H2;1-2H3. The Hall–Kier alpha value is -2.87. The summed E-state index contributed by atoms with van der Waals surface area (Å²) >= 11 is -0.611. The summed E-state index contributed by atoms with van der Waals surface area (Å²) in [5, 5.41) is 32.0. The lowest BCUT2D eigenvalue weighted by Gasteiger charge is -2.06. The molecule has 122 valence electrons. The highest BCUT2D eigenvalue weighted by Crippen LogP contribution is 2.48. The molecule has 0 fully saturated rings. The van der Waals surface area contributed by atoms with Gasteiger partial charge in [-0.1, -0.05) is 11.2 Å². The van der Waals surface area contributed by atoms with Gasteiger partial charge in [0.25, 0.3) is 0 Å². The summed E-state index contributed by atoms with van der Waals surface area (Å²) in [6, 6.07) is 0. The van der Waals surface area contributed by atoms with Crippen molar-refractivity contribution in [2.24, 2.45) is 0 Å². The van der Waals surface area contributed by atoms with Crippen LogP contribution in [0.5, 0.6) is 0 Å². The maximum atomic E-state index is 10.7. The Morgan fingerprint density at radius 3 is 0.955 bits per heavy atom. The molecule has 1 aromatic rings. The van der Waals surface area contributed by atoms with Crippen molar-refractivity contribution < 1.29 is 19.3 Å². The van der Waals surface area contributed by atoms with Gasteiger partial charge in [0.1, 0.15) is 0 Å². The molecule has 22 heavy (non-hydrogen) atoms. The van der Waals surface area contributed by atoms with Gasteiger partial charge in [-0.25, -0.2) is 0 Å². The molecule has 0 saturated carbocycles. The van der Waals surface area contributed by atoms with E-state index in [4.69, 9.17) is 17.2 Å². The van der Waals surface area contributed by atoms with Gasteiger partial charge in [-0.15, -0.1) is 0 Å². The number of nitrogens with two attached hydrogens (primary N) is 3. The van der Waals surface area contributed by atoms with Crippen molar-refractivity contribution >= 4 is 45.3 Å². The lowest BCUT2D eigenvalue weighted by Crippen LogP contribution is -2.10. The number of benzene rings is 1. The molecule has 0 unspecified atom stereocenters. The Labute approximate surface area is 125 Å². The van der Waals surface area contributed by atoms with Crippen LogP contribution < -0.4 is 17.2 Å². The van der Waals surface area contributed by atoms with Gasteiger partial charge in [-0.3, -0.25) is 30.3 Å². The van der Waals surface area contributed by atoms with E-state index in [0.717, 1.165) is 0 Å². The SMILES string of the molecule is C[S+](C)[O-].Nc1c([N+](=O)[O-])c(N)c([N+](=O)[O-])c(N)c1[N+](=O)[O-]. The minimum absolute atomic E-state index is 0.611. The molecule has 13 nitrogen and oxygen atoms in total. The van der Waals surface area contributed by atoms with E-state index in [2.05, 4.69) is 0 Å². The fourth-order valence-electron chi connectivity index (χ4n) is 1.36. The molecule has 0 aromatic heterocycles. The average molecular weight is 336 g/mol. The van der Waals surface area contributed by atoms with E-state index in [1.807, 2.05) is 0 Å². The highest BCUT2D eigenvalue weighted by atomic mass is 32.2. The van der Waals surface area contributed by atoms with Crippen molar-refractivity contribution in [3.63, 3.8) is 0 Å². The van der Waals surface area contributed by atoms with Crippen LogP contribution in [-0.2, 0) is 11.2 Å². The molecule has 0 spiro atoms. The summed E-state index contributed by atoms with van der Waals surface area (Å²) in [7, 11) is 0. The van der Waals surface area contributed by atoms with E-state index in [1.54, 1.807) is 12.5 Å². The van der Waals surface area contributed by atoms with Crippen molar-refractivity contribution in [2.45, 2.75) is 0 Å². The summed E-state index contributed by atoms with van der Waals surface area (Å²) in [6.07, 6.45) is 3.28. The van der Waals surface area contributed by atoms with Crippen molar-refractivity contribution in [2.75, 3.05) is 29.7 Å². The highest BCUT2D eigenvalue weighted by Gasteiger charge is 2.38. The first-order valence-electron chi connectivity index (χ1n) is 5.12. The molecule has 0 atom stereocenters. The minimum Gasteiger partial charge on any atom is -0.617 e. The molecular weight excluding hydrogens is 324 g/mol. The molecule has 1 rings (SSSR count). The Bertz CT molecular complexity index is 529. The van der Waals surface area contributed by atoms with E-state index in [0.29, 0.717) is 0 Å². The summed E-state index contributed by atoms with van der Waals surface area (Å²) in [6.45, 7) is 0. The topological polar surface area (TPSA) is 231 Å². The van der Waals surface area contributed by atoms with Gasteiger partial charge in [0.15, 0.2) is 17.1 Å². The summed E-state index contributed by atoms with van der Waals surface area (Å²) in [5.41, 5.74) is 9.47. The highest BCUT2D eigenvalue weighted by molar-refractivity contribution is 7.89. The van der Waals surface area contributed by atoms with Crippen molar-refractivity contribution in [3.05, 3.63) is 30.3 Å². The van der Waals surface area contributed by atoms with E-state index < -0.39 is 60.1 Å². The Morgan fingerprint density at radius 2 is 0.864 bits per heavy atom. The lowest BCUT2D eigenvalue weighted by molar-refractivity contribution is -0.399. The predicted molar refractivity (Wildman–Crippen MR) is 79.6 cm³/mol. The maximum Gasteiger partial charge on any atom is 0.329 e. The number of anilines is 3. The van der Waals surface area contributed by atoms with Crippen LogP contribution in [0.25, 0.3) is 0 Å². The molecule has 0 radical (unpaired) electrons. The van der Waals surface area contributed by atoms with E-state index in [9.17, 15) is 34.9 Å². The summed E-state index contributed by atoms with van der Waals surface area (Å²) < 4.78 is 9.56. The van der Waals surface area contributed by atoms with Gasteiger partial charge in [0.2, 0.25) is 0 Å². The molecule has 0 aliphatic rings. The third-order valence-corrected chi connectivity index (χ3v) is 2.08. The van der Waals surface area contributed by atoms with Gasteiger partial charge in [0.05, 0.1) is 27.3 Å². The third kappa shape index (κ3) is 4.06. The van der Waals surface area contributed by atoms with Crippen LogP contribution in [0.2, 0.25) is 0 Å². The minimum atomic E-state index is -1.15. The Balaban J connectivity index is 0.000000980. The first-order chi connectivity index (χ1) is 9.93. The van der Waals surface area contributed by atoms with Gasteiger partial charge >= 0.3 is 17.1 Å². The lowest BCUT2D eigenvalue weighted by atomic mass is 10.1. The van der Waals surface area contributed by atoms with Crippen molar-refractivity contribution in [3.8, 4) is 0 Å². The van der Waals surface area contributed by atoms with Crippen LogP contribution in [-0.4, -0.2) is 31.8 Å². The van der Waals surface area contributed by atoms with Gasteiger partial charge in [-0.2, -0.15) is 0 Å². The zero-order valence-corrected chi connectivity index (χ0v) is 12.2. The van der Waals surface area contributed by atoms with E-state index in [-0.39, 0.29) is 0 Å². The van der Waals surface area contributed by atoms with Gasteiger partial charge < -0.3 is 21.8 Å². The number of rotatable bonds is 3. The molecule has 0 heterocycles. The molecule has 0 amide bonds. The molecular formula is C8H12N6O7S. The zero-order chi connectivity index (χ0) is 17.8. The maximum absolute atomic E-state index is 10.7. The molecule has 0 aliphatic heterocycles. The smallest absolute Gasteiger partial charge is 0.329 e. The van der Waals surface area contributed by atoms with Gasteiger partial charge in [0, 0.05) is 0 Å². The van der Waals surface area contributed by atoms with Crippen molar-refractivity contribution in [1.29, 1.82) is 0 Å². The number of nitro groups is 3. The predicted octanol–water partition coefficient (Wildman–Crippen LogP) is 0.153. The van der Waals surface area contributed by atoms with Crippen molar-refractivity contribution in [1.82, 2.24) is 0 Å². The van der Waals surface area contributed by atoms with Crippen LogP contribution in [0.1, 0.15) is 0 Å². The number of hydrogen-bond donors (Lipinski definition) is 3. The summed E-state index contributed by atoms with van der Waals surface area (Å²) in [5.74, 6) is 0. The quantitative estimate of drug-likeness (QED) is 0.292. The first kappa shape index (κ1) is 19.1. The first-order valence-corrected chi connectivity index (χ1v) is 7.08. The second kappa shape index (κ2) is 7.23. The van der Waals surface area contributed by atoms with Crippen LogP contribution in [0.3, 0.4) is 0 Å². The monoisotopic (exact) mass is 336 g/mol. The Kier molecular flexibility index (Phi) is 6.28. The van der Waals surface area contributed by atoms with Crippen LogP contribution in [0.15, 0.2) is 0 Å². The molecule has 6 N–H and O–H groups in total. The molecule has 14 heteroatoms. The van der Waals surface area contributed by atoms with Gasteiger partial charge in [-0.05, 0) is 0 Å². The van der Waals surface area contributed by atoms with Crippen LogP contribution >= 0.6 is 0 Å². The molecule has 0 bridgehead atoms. The number of nitrogens with zero attached hydrogens (tertiary/aromatic N) is 3. The third-order valence-electron chi connectivity index (χ3n) is 2.08. The second-order valence-electron chi connectivity index (χ2n) is 3.80. The largest absolute Gasteiger partial charge is 0.617 e. The van der Waals surface area contributed by atoms with E-state index >= 15 is 0 Å². The molecule has 0 aliphatic carbocycles. The Morgan fingerprint density at radius 1 is 0.727 bits per heavy atom. The number of hydrogen-bond acceptors (Lipinski definition) is 10. The average Bonchev–Trinajstić information content (AvgIpc) is 2.25.